The molecule has 204 valence electrons. The summed E-state index contributed by atoms with van der Waals surface area (Å²) in [6.07, 6.45) is -0.249. The Kier molecular flexibility index (Phi) is 7.36. The van der Waals surface area contributed by atoms with Crippen molar-refractivity contribution in [3.05, 3.63) is 72.3 Å². The van der Waals surface area contributed by atoms with Gasteiger partial charge in [-0.25, -0.2) is 14.6 Å². The predicted molar refractivity (Wildman–Crippen MR) is 140 cm³/mol. The molecule has 0 bridgehead atoms. The number of nitrogens with zero attached hydrogens (tertiary/aromatic N) is 4. The maximum Gasteiger partial charge on any atom is 0.414 e. The maximum atomic E-state index is 13.3. The van der Waals surface area contributed by atoms with Crippen molar-refractivity contribution in [3.63, 3.8) is 0 Å². The van der Waals surface area contributed by atoms with E-state index in [1.165, 1.54) is 12.3 Å². The van der Waals surface area contributed by atoms with Crippen LogP contribution in [0.15, 0.2) is 61.2 Å². The minimum Gasteiger partial charge on any atom is -0.478 e. The number of carbonyl (C=O) groups is 2. The number of carbonyl (C=O) groups excluding carboxylic acids is 1. The number of hydrogen-bond acceptors (Lipinski definition) is 5. The van der Waals surface area contributed by atoms with Crippen molar-refractivity contribution in [2.75, 3.05) is 11.4 Å². The third kappa shape index (κ3) is 6.36. The van der Waals surface area contributed by atoms with Crippen molar-refractivity contribution >= 4 is 23.4 Å². The van der Waals surface area contributed by atoms with Gasteiger partial charge in [-0.3, -0.25) is 14.3 Å². The quantitative estimate of drug-likeness (QED) is 0.290. The lowest BCUT2D eigenvalue weighted by Crippen LogP contribution is -2.39. The van der Waals surface area contributed by atoms with Crippen LogP contribution in [-0.2, 0) is 4.74 Å². The Hall–Kier alpha value is -4.41. The van der Waals surface area contributed by atoms with Crippen LogP contribution < -0.4 is 4.90 Å². The Labute approximate surface area is 222 Å². The maximum absolute atomic E-state index is 13.3. The Morgan fingerprint density at radius 1 is 1.03 bits per heavy atom. The van der Waals surface area contributed by atoms with Crippen molar-refractivity contribution in [1.82, 2.24) is 14.4 Å². The van der Waals surface area contributed by atoms with Gasteiger partial charge in [0.15, 0.2) is 5.65 Å². The van der Waals surface area contributed by atoms with Crippen molar-refractivity contribution in [1.29, 1.82) is 0 Å². The molecule has 0 saturated heterocycles. The molecule has 11 heteroatoms. The number of aromatic carboxylic acids is 1. The summed E-state index contributed by atoms with van der Waals surface area (Å²) in [6.45, 7) is 5.89. The second-order valence-electron chi connectivity index (χ2n) is 10.0. The lowest BCUT2D eigenvalue weighted by atomic mass is 10.0. The molecule has 3 heterocycles. The first-order valence-corrected chi connectivity index (χ1v) is 12.1. The lowest BCUT2D eigenvalue weighted by molar-refractivity contribution is -0.132. The largest absolute Gasteiger partial charge is 0.478 e. The zero-order valence-corrected chi connectivity index (χ0v) is 21.8. The normalized spacial score (nSPS) is 12.0. The number of alkyl halides is 3. The molecule has 0 aliphatic rings. The SMILES string of the molecule is Cc1cc(-c2cnc3c(N(CCC(F)(F)F)C(=O)OC(C)(C)C)cc(-c4ccncc4)cn23)ccc1C(=O)O. The van der Waals surface area contributed by atoms with Gasteiger partial charge in [0.05, 0.1) is 29.6 Å². The second-order valence-corrected chi connectivity index (χ2v) is 10.0. The molecule has 0 spiro atoms. The standard InChI is InChI=1S/C28H27F3N4O4/c1-17-13-19(5-6-21(17)25(36)37)23-15-33-24-22(14-20(16-35(23)24)18-7-10-32-11-8-18)34(12-9-28(29,30)31)26(38)39-27(2,3)4/h5-8,10-11,13-16H,9,12H2,1-4H3,(H,36,37). The van der Waals surface area contributed by atoms with Crippen LogP contribution in [0.25, 0.3) is 28.0 Å². The molecule has 3 aromatic heterocycles. The van der Waals surface area contributed by atoms with E-state index in [9.17, 15) is 27.9 Å². The molecule has 1 aromatic carbocycles. The van der Waals surface area contributed by atoms with Gasteiger partial charge in [0.2, 0.25) is 0 Å². The van der Waals surface area contributed by atoms with E-state index in [-0.39, 0.29) is 16.9 Å². The fourth-order valence-electron chi connectivity index (χ4n) is 4.11. The van der Waals surface area contributed by atoms with Gasteiger partial charge >= 0.3 is 18.2 Å². The summed E-state index contributed by atoms with van der Waals surface area (Å²) in [7, 11) is 0. The number of pyridine rings is 2. The number of aromatic nitrogens is 3. The smallest absolute Gasteiger partial charge is 0.414 e. The van der Waals surface area contributed by atoms with Crippen molar-refractivity contribution < 1.29 is 32.6 Å². The zero-order valence-electron chi connectivity index (χ0n) is 21.8. The number of carboxylic acids is 1. The molecule has 0 radical (unpaired) electrons. The van der Waals surface area contributed by atoms with E-state index in [0.717, 1.165) is 4.90 Å². The number of benzene rings is 1. The summed E-state index contributed by atoms with van der Waals surface area (Å²) in [5.41, 5.74) is 2.60. The number of carboxylic acid groups (broad SMARTS) is 1. The van der Waals surface area contributed by atoms with Crippen LogP contribution in [0.2, 0.25) is 0 Å². The molecule has 0 saturated carbocycles. The molecule has 0 fully saturated rings. The molecular weight excluding hydrogens is 513 g/mol. The van der Waals surface area contributed by atoms with Gasteiger partial charge in [0.1, 0.15) is 5.60 Å². The zero-order chi connectivity index (χ0) is 28.5. The Morgan fingerprint density at radius 3 is 2.31 bits per heavy atom. The number of ether oxygens (including phenoxy) is 1. The monoisotopic (exact) mass is 540 g/mol. The number of fused-ring (bicyclic) bond motifs is 1. The Bertz CT molecular complexity index is 1530. The van der Waals surface area contributed by atoms with Crippen LogP contribution >= 0.6 is 0 Å². The lowest BCUT2D eigenvalue weighted by Gasteiger charge is -2.28. The van der Waals surface area contributed by atoms with E-state index in [1.54, 1.807) is 81.0 Å². The van der Waals surface area contributed by atoms with Gasteiger partial charge in [-0.05, 0) is 69.2 Å². The number of amides is 1. The molecule has 4 aromatic rings. The number of hydrogen-bond donors (Lipinski definition) is 1. The summed E-state index contributed by atoms with van der Waals surface area (Å²) in [6, 6.07) is 9.88. The fourth-order valence-corrected chi connectivity index (χ4v) is 4.11. The van der Waals surface area contributed by atoms with Gasteiger partial charge < -0.3 is 9.84 Å². The van der Waals surface area contributed by atoms with Gasteiger partial charge in [-0.1, -0.05) is 6.07 Å². The van der Waals surface area contributed by atoms with Crippen LogP contribution in [0, 0.1) is 6.92 Å². The first-order valence-electron chi connectivity index (χ1n) is 12.1. The molecule has 1 amide bonds. The van der Waals surface area contributed by atoms with E-state index in [4.69, 9.17) is 4.74 Å². The topological polar surface area (TPSA) is 97.0 Å². The highest BCUT2D eigenvalue weighted by molar-refractivity contribution is 5.95. The number of anilines is 1. The van der Waals surface area contributed by atoms with Crippen molar-refractivity contribution in [3.8, 4) is 22.4 Å². The van der Waals surface area contributed by atoms with E-state index in [0.29, 0.717) is 27.9 Å². The van der Waals surface area contributed by atoms with Gasteiger partial charge in [-0.2, -0.15) is 13.2 Å². The molecule has 0 atom stereocenters. The van der Waals surface area contributed by atoms with Crippen LogP contribution in [-0.4, -0.2) is 49.9 Å². The van der Waals surface area contributed by atoms with Crippen molar-refractivity contribution in [2.24, 2.45) is 0 Å². The Morgan fingerprint density at radius 2 is 1.72 bits per heavy atom. The van der Waals surface area contributed by atoms with Crippen LogP contribution in [0.4, 0.5) is 23.7 Å². The number of imidazole rings is 1. The van der Waals surface area contributed by atoms with E-state index in [2.05, 4.69) is 9.97 Å². The average molecular weight is 541 g/mol. The highest BCUT2D eigenvalue weighted by Crippen LogP contribution is 2.34. The molecule has 0 aliphatic carbocycles. The second kappa shape index (κ2) is 10.4. The third-order valence-electron chi connectivity index (χ3n) is 5.88. The van der Waals surface area contributed by atoms with E-state index < -0.39 is 36.8 Å². The van der Waals surface area contributed by atoms with Crippen LogP contribution in [0.5, 0.6) is 0 Å². The number of halogens is 3. The summed E-state index contributed by atoms with van der Waals surface area (Å²) >= 11 is 0. The summed E-state index contributed by atoms with van der Waals surface area (Å²) in [5.74, 6) is -1.06. The highest BCUT2D eigenvalue weighted by atomic mass is 19.4. The molecular formula is C28H27F3N4O4. The molecule has 1 N–H and O–H groups in total. The summed E-state index contributed by atoms with van der Waals surface area (Å²) in [5, 5.41) is 9.41. The minimum atomic E-state index is -4.51. The van der Waals surface area contributed by atoms with Crippen LogP contribution in [0.3, 0.4) is 0 Å². The minimum absolute atomic E-state index is 0.132. The molecule has 39 heavy (non-hydrogen) atoms. The van der Waals surface area contributed by atoms with Crippen molar-refractivity contribution in [2.45, 2.75) is 45.9 Å². The fraction of sp³-hybridized carbons (Fsp3) is 0.286. The van der Waals surface area contributed by atoms with Gasteiger partial charge in [0, 0.05) is 36.3 Å². The summed E-state index contributed by atoms with van der Waals surface area (Å²) < 4.78 is 47.0. The van der Waals surface area contributed by atoms with Gasteiger partial charge in [-0.15, -0.1) is 0 Å². The molecule has 0 unspecified atom stereocenters. The number of rotatable bonds is 6. The molecule has 0 aliphatic heterocycles. The molecule has 8 nitrogen and oxygen atoms in total. The van der Waals surface area contributed by atoms with Crippen LogP contribution in [0.1, 0.15) is 43.1 Å². The number of aryl methyl sites for hydroxylation is 1. The highest BCUT2D eigenvalue weighted by Gasteiger charge is 2.33. The predicted octanol–water partition coefficient (Wildman–Crippen LogP) is 6.76. The van der Waals surface area contributed by atoms with E-state index in [1.807, 2.05) is 0 Å². The van der Waals surface area contributed by atoms with Gasteiger partial charge in [0.25, 0.3) is 0 Å². The van der Waals surface area contributed by atoms with E-state index >= 15 is 0 Å². The molecule has 4 rings (SSSR count). The third-order valence-corrected chi connectivity index (χ3v) is 5.88. The summed E-state index contributed by atoms with van der Waals surface area (Å²) in [4.78, 5) is 34.2. The first kappa shape index (κ1) is 27.6. The average Bonchev–Trinajstić information content (AvgIpc) is 3.26. The Balaban J connectivity index is 1.95. The first-order chi connectivity index (χ1) is 18.2.